The van der Waals surface area contributed by atoms with Crippen LogP contribution in [-0.2, 0) is 9.53 Å². The molecular weight excluding hydrogens is 272 g/mol. The molecule has 0 radical (unpaired) electrons. The van der Waals surface area contributed by atoms with Crippen molar-refractivity contribution in [2.75, 3.05) is 0 Å². The van der Waals surface area contributed by atoms with Gasteiger partial charge in [0.1, 0.15) is 6.10 Å². The molecular formula is C20H30O2. The average Bonchev–Trinajstić information content (AvgIpc) is 2.52. The molecule has 1 rings (SSSR count). The summed E-state index contributed by atoms with van der Waals surface area (Å²) in [5.74, 6) is -0.0736. The number of esters is 1. The van der Waals surface area contributed by atoms with E-state index < -0.39 is 0 Å². The molecule has 1 fully saturated rings. The Morgan fingerprint density at radius 2 is 1.82 bits per heavy atom. The Morgan fingerprint density at radius 3 is 2.59 bits per heavy atom. The third kappa shape index (κ3) is 10.2. The van der Waals surface area contributed by atoms with Gasteiger partial charge in [0.2, 0.25) is 0 Å². The van der Waals surface area contributed by atoms with Gasteiger partial charge < -0.3 is 4.74 Å². The van der Waals surface area contributed by atoms with Crippen LogP contribution in [0, 0.1) is 0 Å². The Labute approximate surface area is 135 Å². The fraction of sp³-hybridized carbons (Fsp3) is 0.550. The molecule has 2 heteroatoms. The number of carbonyl (C=O) groups is 1. The highest BCUT2D eigenvalue weighted by Crippen LogP contribution is 2.14. The molecule has 1 aliphatic rings. The van der Waals surface area contributed by atoms with Crippen LogP contribution in [0.3, 0.4) is 0 Å². The van der Waals surface area contributed by atoms with E-state index in [1.54, 1.807) is 0 Å². The maximum absolute atomic E-state index is 11.1. The summed E-state index contributed by atoms with van der Waals surface area (Å²) in [5, 5.41) is 0. The molecule has 0 aromatic rings. The van der Waals surface area contributed by atoms with Gasteiger partial charge in [0.05, 0.1) is 0 Å². The van der Waals surface area contributed by atoms with E-state index in [0.29, 0.717) is 6.42 Å². The van der Waals surface area contributed by atoms with E-state index in [-0.39, 0.29) is 12.1 Å². The molecule has 0 bridgehead atoms. The molecule has 0 spiro atoms. The van der Waals surface area contributed by atoms with Gasteiger partial charge in [-0.3, -0.25) is 4.79 Å². The first-order valence-corrected chi connectivity index (χ1v) is 8.65. The molecule has 0 aliphatic carbocycles. The number of carbonyl (C=O) groups excluding carboxylic acids is 1. The number of hydrogen-bond acceptors (Lipinski definition) is 2. The van der Waals surface area contributed by atoms with Crippen molar-refractivity contribution in [1.82, 2.24) is 0 Å². The van der Waals surface area contributed by atoms with E-state index in [1.165, 1.54) is 25.7 Å². The molecule has 2 nitrogen and oxygen atoms in total. The molecule has 1 unspecified atom stereocenters. The average molecular weight is 302 g/mol. The summed E-state index contributed by atoms with van der Waals surface area (Å²) in [6.07, 6.45) is 26.5. The largest absolute Gasteiger partial charge is 0.458 e. The van der Waals surface area contributed by atoms with Crippen LogP contribution in [0.5, 0.6) is 0 Å². The number of hydrogen-bond donors (Lipinski definition) is 0. The zero-order chi connectivity index (χ0) is 15.9. The van der Waals surface area contributed by atoms with Crippen molar-refractivity contribution >= 4 is 5.97 Å². The monoisotopic (exact) mass is 302 g/mol. The first-order chi connectivity index (χ1) is 10.8. The van der Waals surface area contributed by atoms with Crippen LogP contribution in [0.25, 0.3) is 0 Å². The highest BCUT2D eigenvalue weighted by molar-refractivity contribution is 5.70. The summed E-state index contributed by atoms with van der Waals surface area (Å²) < 4.78 is 5.21. The minimum atomic E-state index is -0.0736. The molecule has 1 heterocycles. The lowest BCUT2D eigenvalue weighted by molar-refractivity contribution is -0.150. The molecule has 0 saturated carbocycles. The SMILES string of the molecule is CCCCCC=CCC=CCC=CC=CC1CCCC(=O)O1. The first-order valence-electron chi connectivity index (χ1n) is 8.65. The van der Waals surface area contributed by atoms with E-state index in [4.69, 9.17) is 4.74 Å². The fourth-order valence-corrected chi connectivity index (χ4v) is 2.29. The van der Waals surface area contributed by atoms with Gasteiger partial charge >= 0.3 is 5.97 Å². The summed E-state index contributed by atoms with van der Waals surface area (Å²) >= 11 is 0. The van der Waals surface area contributed by atoms with E-state index >= 15 is 0 Å². The third-order valence-corrected chi connectivity index (χ3v) is 3.58. The van der Waals surface area contributed by atoms with Crippen LogP contribution in [0.1, 0.15) is 64.7 Å². The van der Waals surface area contributed by atoms with Gasteiger partial charge in [-0.05, 0) is 44.6 Å². The lowest BCUT2D eigenvalue weighted by Crippen LogP contribution is -2.21. The maximum atomic E-state index is 11.1. The number of rotatable bonds is 10. The normalized spacial score (nSPS) is 19.9. The standard InChI is InChI=1S/C20H30O2/c1-2-3-4-5-6-7-8-9-10-11-12-13-14-16-19-17-15-18-20(21)22-19/h6-7,9-10,12-14,16,19H,2-5,8,11,15,17-18H2,1H3. The molecule has 1 atom stereocenters. The molecule has 0 amide bonds. The van der Waals surface area contributed by atoms with E-state index in [2.05, 4.69) is 37.3 Å². The molecule has 122 valence electrons. The molecule has 0 N–H and O–H groups in total. The zero-order valence-electron chi connectivity index (χ0n) is 13.9. The quantitative estimate of drug-likeness (QED) is 0.225. The summed E-state index contributed by atoms with van der Waals surface area (Å²) in [7, 11) is 0. The highest BCUT2D eigenvalue weighted by atomic mass is 16.5. The van der Waals surface area contributed by atoms with Gasteiger partial charge in [-0.2, -0.15) is 0 Å². The van der Waals surface area contributed by atoms with Crippen LogP contribution >= 0.6 is 0 Å². The van der Waals surface area contributed by atoms with Gasteiger partial charge in [0, 0.05) is 6.42 Å². The Kier molecular flexibility index (Phi) is 11.0. The summed E-state index contributed by atoms with van der Waals surface area (Å²) in [6.45, 7) is 2.23. The van der Waals surface area contributed by atoms with Crippen LogP contribution in [0.4, 0.5) is 0 Å². The van der Waals surface area contributed by atoms with Crippen molar-refractivity contribution in [2.45, 2.75) is 70.8 Å². The Hall–Kier alpha value is -1.57. The van der Waals surface area contributed by atoms with Crippen LogP contribution < -0.4 is 0 Å². The predicted octanol–water partition coefficient (Wildman–Crippen LogP) is 5.67. The number of allylic oxidation sites excluding steroid dienone is 7. The molecule has 0 aromatic heterocycles. The zero-order valence-corrected chi connectivity index (χ0v) is 13.9. The maximum Gasteiger partial charge on any atom is 0.306 e. The van der Waals surface area contributed by atoms with Crippen LogP contribution in [0.2, 0.25) is 0 Å². The summed E-state index contributed by atoms with van der Waals surface area (Å²) in [6, 6.07) is 0. The Balaban J connectivity index is 2.03. The minimum absolute atomic E-state index is 0.0284. The third-order valence-electron chi connectivity index (χ3n) is 3.58. The van der Waals surface area contributed by atoms with Gasteiger partial charge in [0.15, 0.2) is 0 Å². The van der Waals surface area contributed by atoms with E-state index in [1.807, 2.05) is 18.2 Å². The fourth-order valence-electron chi connectivity index (χ4n) is 2.29. The molecule has 1 aliphatic heterocycles. The number of ether oxygens (including phenoxy) is 1. The lowest BCUT2D eigenvalue weighted by atomic mass is 10.1. The lowest BCUT2D eigenvalue weighted by Gasteiger charge is -2.18. The number of unbranched alkanes of at least 4 members (excludes halogenated alkanes) is 3. The molecule has 1 saturated heterocycles. The van der Waals surface area contributed by atoms with Gasteiger partial charge in [-0.15, -0.1) is 0 Å². The topological polar surface area (TPSA) is 26.3 Å². The van der Waals surface area contributed by atoms with Gasteiger partial charge in [-0.1, -0.05) is 62.3 Å². The van der Waals surface area contributed by atoms with E-state index in [0.717, 1.165) is 25.7 Å². The minimum Gasteiger partial charge on any atom is -0.458 e. The van der Waals surface area contributed by atoms with Crippen molar-refractivity contribution in [2.24, 2.45) is 0 Å². The molecule has 0 aromatic carbocycles. The van der Waals surface area contributed by atoms with Crippen molar-refractivity contribution in [3.63, 3.8) is 0 Å². The predicted molar refractivity (Wildman–Crippen MR) is 93.7 cm³/mol. The van der Waals surface area contributed by atoms with Crippen molar-refractivity contribution in [1.29, 1.82) is 0 Å². The summed E-state index contributed by atoms with van der Waals surface area (Å²) in [4.78, 5) is 11.1. The second-order valence-corrected chi connectivity index (χ2v) is 5.64. The first kappa shape index (κ1) is 18.5. The van der Waals surface area contributed by atoms with E-state index in [9.17, 15) is 4.79 Å². The number of cyclic esters (lactones) is 1. The van der Waals surface area contributed by atoms with Crippen molar-refractivity contribution < 1.29 is 9.53 Å². The highest BCUT2D eigenvalue weighted by Gasteiger charge is 2.16. The van der Waals surface area contributed by atoms with Crippen molar-refractivity contribution in [3.05, 3.63) is 48.6 Å². The van der Waals surface area contributed by atoms with Crippen LogP contribution in [0.15, 0.2) is 48.6 Å². The molecule has 22 heavy (non-hydrogen) atoms. The second kappa shape index (κ2) is 13.1. The van der Waals surface area contributed by atoms with Crippen LogP contribution in [-0.4, -0.2) is 12.1 Å². The van der Waals surface area contributed by atoms with Gasteiger partial charge in [-0.25, -0.2) is 0 Å². The smallest absolute Gasteiger partial charge is 0.306 e. The Bertz CT molecular complexity index is 402. The second-order valence-electron chi connectivity index (χ2n) is 5.64. The summed E-state index contributed by atoms with van der Waals surface area (Å²) in [5.41, 5.74) is 0. The van der Waals surface area contributed by atoms with Crippen molar-refractivity contribution in [3.8, 4) is 0 Å². The Morgan fingerprint density at radius 1 is 1.05 bits per heavy atom. The van der Waals surface area contributed by atoms with Gasteiger partial charge in [0.25, 0.3) is 0 Å².